The van der Waals surface area contributed by atoms with Crippen molar-refractivity contribution >= 4 is 22.9 Å². The summed E-state index contributed by atoms with van der Waals surface area (Å²) >= 11 is 0. The fraction of sp³-hybridized carbons (Fsp3) is 0.100. The number of hydrogen-bond acceptors (Lipinski definition) is 6. The Labute approximate surface area is 151 Å². The Kier molecular flexibility index (Phi) is 5.03. The second-order valence-electron chi connectivity index (χ2n) is 5.55. The summed E-state index contributed by atoms with van der Waals surface area (Å²) in [5, 5.41) is 6.31. The molecule has 0 saturated carbocycles. The standard InChI is InChI=1S/C20H18N2O4/c1-25-15-7-3-13(4-8-15)21-17-11-19(23)20(24)12-18(17)22-14-5-9-16(26-2)10-6-14/h3-12,21-22H,1-2H3. The van der Waals surface area contributed by atoms with Crippen molar-refractivity contribution in [2.45, 2.75) is 0 Å². The highest BCUT2D eigenvalue weighted by atomic mass is 16.5. The van der Waals surface area contributed by atoms with Gasteiger partial charge in [0.25, 0.3) is 0 Å². The third-order valence-electron chi connectivity index (χ3n) is 3.82. The van der Waals surface area contributed by atoms with Crippen LogP contribution in [0.15, 0.2) is 72.1 Å². The number of benzene rings is 2. The molecule has 0 saturated heterocycles. The van der Waals surface area contributed by atoms with Crippen molar-refractivity contribution in [2.24, 2.45) is 0 Å². The Morgan fingerprint density at radius 3 is 1.27 bits per heavy atom. The maximum atomic E-state index is 11.8. The van der Waals surface area contributed by atoms with E-state index in [-0.39, 0.29) is 0 Å². The van der Waals surface area contributed by atoms with Gasteiger partial charge in [-0.3, -0.25) is 9.59 Å². The fourth-order valence-electron chi connectivity index (χ4n) is 2.43. The second-order valence-corrected chi connectivity index (χ2v) is 5.55. The van der Waals surface area contributed by atoms with Crippen molar-refractivity contribution in [3.8, 4) is 11.5 Å². The monoisotopic (exact) mass is 350 g/mol. The fourth-order valence-corrected chi connectivity index (χ4v) is 2.43. The minimum atomic E-state index is -0.568. The van der Waals surface area contributed by atoms with E-state index in [1.807, 2.05) is 24.3 Å². The molecule has 26 heavy (non-hydrogen) atoms. The van der Waals surface area contributed by atoms with Gasteiger partial charge in [0, 0.05) is 23.5 Å². The Balaban J connectivity index is 1.82. The van der Waals surface area contributed by atoms with E-state index in [0.29, 0.717) is 11.4 Å². The van der Waals surface area contributed by atoms with E-state index >= 15 is 0 Å². The lowest BCUT2D eigenvalue weighted by molar-refractivity contribution is -0.131. The highest BCUT2D eigenvalue weighted by Gasteiger charge is 2.20. The lowest BCUT2D eigenvalue weighted by atomic mass is 10.1. The van der Waals surface area contributed by atoms with Gasteiger partial charge in [-0.15, -0.1) is 0 Å². The van der Waals surface area contributed by atoms with Crippen LogP contribution in [0.5, 0.6) is 11.5 Å². The normalized spacial score (nSPS) is 13.6. The highest BCUT2D eigenvalue weighted by Crippen LogP contribution is 2.24. The zero-order chi connectivity index (χ0) is 18.5. The van der Waals surface area contributed by atoms with Crippen molar-refractivity contribution in [3.63, 3.8) is 0 Å². The lowest BCUT2D eigenvalue weighted by Crippen LogP contribution is -2.21. The molecule has 0 heterocycles. The molecule has 132 valence electrons. The first kappa shape index (κ1) is 17.3. The number of ether oxygens (including phenoxy) is 2. The first-order chi connectivity index (χ1) is 12.6. The maximum absolute atomic E-state index is 11.8. The van der Waals surface area contributed by atoms with Gasteiger partial charge < -0.3 is 20.1 Å². The summed E-state index contributed by atoms with van der Waals surface area (Å²) in [5.41, 5.74) is 2.55. The number of nitrogens with one attached hydrogen (secondary N) is 2. The molecule has 1 aliphatic carbocycles. The van der Waals surface area contributed by atoms with E-state index < -0.39 is 11.6 Å². The molecule has 0 unspecified atom stereocenters. The molecular formula is C20H18N2O4. The molecule has 2 N–H and O–H groups in total. The van der Waals surface area contributed by atoms with Crippen LogP contribution in [0.3, 0.4) is 0 Å². The van der Waals surface area contributed by atoms with Gasteiger partial charge in [-0.25, -0.2) is 0 Å². The van der Waals surface area contributed by atoms with Gasteiger partial charge >= 0.3 is 0 Å². The van der Waals surface area contributed by atoms with E-state index in [1.165, 1.54) is 12.2 Å². The minimum absolute atomic E-state index is 0.510. The number of hydrogen-bond donors (Lipinski definition) is 2. The maximum Gasteiger partial charge on any atom is 0.227 e. The van der Waals surface area contributed by atoms with Crippen LogP contribution in [-0.4, -0.2) is 25.8 Å². The summed E-state index contributed by atoms with van der Waals surface area (Å²) in [5.74, 6) is 0.320. The molecule has 0 bridgehead atoms. The van der Waals surface area contributed by atoms with Gasteiger partial charge in [-0.2, -0.15) is 0 Å². The SMILES string of the molecule is COc1ccc(NC2=CC(=O)C(=O)C=C2Nc2ccc(OC)cc2)cc1. The first-order valence-electron chi connectivity index (χ1n) is 7.93. The van der Waals surface area contributed by atoms with E-state index in [1.54, 1.807) is 38.5 Å². The molecule has 0 aliphatic heterocycles. The number of rotatable bonds is 6. The molecule has 0 amide bonds. The van der Waals surface area contributed by atoms with Crippen LogP contribution in [0, 0.1) is 0 Å². The number of anilines is 2. The van der Waals surface area contributed by atoms with Crippen LogP contribution in [0.25, 0.3) is 0 Å². The number of ketones is 2. The average molecular weight is 350 g/mol. The number of carbonyl (C=O) groups is 2. The zero-order valence-electron chi connectivity index (χ0n) is 14.4. The Morgan fingerprint density at radius 2 is 0.962 bits per heavy atom. The Hall–Kier alpha value is -3.54. The molecule has 2 aromatic carbocycles. The molecular weight excluding hydrogens is 332 g/mol. The van der Waals surface area contributed by atoms with Crippen molar-refractivity contribution in [2.75, 3.05) is 24.9 Å². The number of allylic oxidation sites excluding steroid dienone is 2. The van der Waals surface area contributed by atoms with Crippen molar-refractivity contribution in [1.82, 2.24) is 0 Å². The van der Waals surface area contributed by atoms with Gasteiger partial charge in [0.2, 0.25) is 11.6 Å². The quantitative estimate of drug-likeness (QED) is 0.616. The van der Waals surface area contributed by atoms with Gasteiger partial charge in [0.05, 0.1) is 25.6 Å². The molecule has 0 atom stereocenters. The molecule has 0 fully saturated rings. The van der Waals surface area contributed by atoms with Crippen LogP contribution in [-0.2, 0) is 9.59 Å². The lowest BCUT2D eigenvalue weighted by Gasteiger charge is -2.19. The summed E-state index contributed by atoms with van der Waals surface area (Å²) in [4.78, 5) is 23.6. The summed E-state index contributed by atoms with van der Waals surface area (Å²) in [6.07, 6.45) is 2.58. The smallest absolute Gasteiger partial charge is 0.227 e. The van der Waals surface area contributed by atoms with Crippen LogP contribution in [0.2, 0.25) is 0 Å². The van der Waals surface area contributed by atoms with Gasteiger partial charge in [-0.1, -0.05) is 0 Å². The molecule has 0 radical (unpaired) electrons. The van der Waals surface area contributed by atoms with E-state index in [9.17, 15) is 9.59 Å². The van der Waals surface area contributed by atoms with Gasteiger partial charge in [0.15, 0.2) is 0 Å². The first-order valence-corrected chi connectivity index (χ1v) is 7.93. The van der Waals surface area contributed by atoms with Crippen LogP contribution >= 0.6 is 0 Å². The van der Waals surface area contributed by atoms with Crippen molar-refractivity contribution in [3.05, 3.63) is 72.1 Å². The number of methoxy groups -OCH3 is 2. The molecule has 3 rings (SSSR count). The second kappa shape index (κ2) is 7.57. The van der Waals surface area contributed by atoms with Gasteiger partial charge in [0.1, 0.15) is 11.5 Å². The third-order valence-corrected chi connectivity index (χ3v) is 3.82. The summed E-state index contributed by atoms with van der Waals surface area (Å²) in [7, 11) is 3.19. The molecule has 1 aliphatic rings. The highest BCUT2D eigenvalue weighted by molar-refractivity contribution is 6.47. The minimum Gasteiger partial charge on any atom is -0.497 e. The van der Waals surface area contributed by atoms with Crippen LogP contribution in [0.4, 0.5) is 11.4 Å². The molecule has 6 heteroatoms. The topological polar surface area (TPSA) is 76.7 Å². The summed E-state index contributed by atoms with van der Waals surface area (Å²) < 4.78 is 10.3. The van der Waals surface area contributed by atoms with Crippen molar-refractivity contribution < 1.29 is 19.1 Å². The predicted molar refractivity (Wildman–Crippen MR) is 99.4 cm³/mol. The van der Waals surface area contributed by atoms with E-state index in [0.717, 1.165) is 22.9 Å². The molecule has 0 spiro atoms. The zero-order valence-corrected chi connectivity index (χ0v) is 14.4. The Morgan fingerprint density at radius 1 is 0.615 bits per heavy atom. The van der Waals surface area contributed by atoms with E-state index in [4.69, 9.17) is 9.47 Å². The largest absolute Gasteiger partial charge is 0.497 e. The van der Waals surface area contributed by atoms with Gasteiger partial charge in [-0.05, 0) is 48.5 Å². The third kappa shape index (κ3) is 3.92. The van der Waals surface area contributed by atoms with E-state index in [2.05, 4.69) is 10.6 Å². The molecule has 6 nitrogen and oxygen atoms in total. The predicted octanol–water partition coefficient (Wildman–Crippen LogP) is 3.15. The number of carbonyl (C=O) groups excluding carboxylic acids is 2. The van der Waals surface area contributed by atoms with Crippen molar-refractivity contribution in [1.29, 1.82) is 0 Å². The molecule has 2 aromatic rings. The van der Waals surface area contributed by atoms with Crippen LogP contribution < -0.4 is 20.1 Å². The average Bonchev–Trinajstić information content (AvgIpc) is 2.67. The summed E-state index contributed by atoms with van der Waals surface area (Å²) in [6, 6.07) is 14.5. The molecule has 0 aromatic heterocycles. The Bertz CT molecular complexity index is 806. The van der Waals surface area contributed by atoms with Crippen LogP contribution in [0.1, 0.15) is 0 Å². The summed E-state index contributed by atoms with van der Waals surface area (Å²) in [6.45, 7) is 0.